The molecule has 1 aromatic heterocycles. The molecule has 210 valence electrons. The quantitative estimate of drug-likeness (QED) is 0.449. The Kier molecular flexibility index (Phi) is 7.02. The third kappa shape index (κ3) is 4.47. The molecule has 0 radical (unpaired) electrons. The largest absolute Gasteiger partial charge is 0.393 e. The van der Waals surface area contributed by atoms with Crippen molar-refractivity contribution in [1.29, 1.82) is 0 Å². The van der Waals surface area contributed by atoms with Crippen molar-refractivity contribution in [2.45, 2.75) is 117 Å². The van der Waals surface area contributed by atoms with E-state index < -0.39 is 0 Å². The first kappa shape index (κ1) is 26.5. The van der Waals surface area contributed by atoms with Crippen LogP contribution in [0, 0.1) is 47.3 Å². The number of rotatable bonds is 5. The van der Waals surface area contributed by atoms with Gasteiger partial charge in [0.25, 0.3) is 0 Å². The number of aromatic nitrogens is 2. The first-order valence-corrected chi connectivity index (χ1v) is 15.6. The summed E-state index contributed by atoms with van der Waals surface area (Å²) in [5.41, 5.74) is 2.30. The van der Waals surface area contributed by atoms with Crippen LogP contribution in [0.2, 0.25) is 0 Å². The third-order valence-electron chi connectivity index (χ3n) is 12.4. The summed E-state index contributed by atoms with van der Waals surface area (Å²) in [6, 6.07) is 0. The molecule has 8 atom stereocenters. The lowest BCUT2D eigenvalue weighted by Crippen LogP contribution is -2.50. The fraction of sp³-hybridized carbons (Fsp3) is 0.844. The highest BCUT2D eigenvalue weighted by Gasteiger charge is 2.59. The smallest absolute Gasteiger partial charge is 0.229 e. The van der Waals surface area contributed by atoms with E-state index in [0.717, 1.165) is 74.8 Å². The lowest BCUT2D eigenvalue weighted by Gasteiger charge is -2.58. The summed E-state index contributed by atoms with van der Waals surface area (Å²) in [6.07, 6.45) is 15.6. The Bertz CT molecular complexity index is 1060. The molecule has 38 heavy (non-hydrogen) atoms. The molecule has 1 amide bonds. The van der Waals surface area contributed by atoms with Crippen LogP contribution in [0.15, 0.2) is 16.2 Å². The minimum atomic E-state index is -0.125. The van der Waals surface area contributed by atoms with E-state index >= 15 is 0 Å². The van der Waals surface area contributed by atoms with Gasteiger partial charge < -0.3 is 14.5 Å². The number of allylic oxidation sites excluding steroid dienone is 1. The van der Waals surface area contributed by atoms with Gasteiger partial charge in [-0.3, -0.25) is 4.79 Å². The normalized spacial score (nSPS) is 40.2. The van der Waals surface area contributed by atoms with Gasteiger partial charge in [0.2, 0.25) is 11.8 Å². The number of aliphatic hydroxyl groups is 1. The van der Waals surface area contributed by atoms with E-state index in [4.69, 9.17) is 4.52 Å². The minimum Gasteiger partial charge on any atom is -0.393 e. The number of aryl methyl sites for hydroxylation is 1. The summed E-state index contributed by atoms with van der Waals surface area (Å²) < 4.78 is 5.38. The van der Waals surface area contributed by atoms with Crippen molar-refractivity contribution in [3.05, 3.63) is 23.4 Å². The van der Waals surface area contributed by atoms with E-state index in [-0.39, 0.29) is 12.0 Å². The number of carbonyl (C=O) groups excluding carboxylic acids is 1. The second kappa shape index (κ2) is 10.1. The number of fused-ring (bicyclic) bond motifs is 5. The lowest BCUT2D eigenvalue weighted by molar-refractivity contribution is -0.132. The van der Waals surface area contributed by atoms with Gasteiger partial charge in [-0.2, -0.15) is 4.98 Å². The van der Waals surface area contributed by atoms with Gasteiger partial charge >= 0.3 is 0 Å². The summed E-state index contributed by atoms with van der Waals surface area (Å²) in [5, 5.41) is 14.2. The highest BCUT2D eigenvalue weighted by atomic mass is 16.5. The fourth-order valence-corrected chi connectivity index (χ4v) is 10.2. The topological polar surface area (TPSA) is 79.5 Å². The average molecular weight is 524 g/mol. The Hall–Kier alpha value is -1.69. The van der Waals surface area contributed by atoms with Gasteiger partial charge in [-0.15, -0.1) is 0 Å². The number of hydrogen-bond donors (Lipinski definition) is 1. The molecular formula is C32H49N3O3. The van der Waals surface area contributed by atoms with Crippen molar-refractivity contribution < 1.29 is 14.4 Å². The average Bonchev–Trinajstić information content (AvgIpc) is 3.50. The van der Waals surface area contributed by atoms with E-state index in [0.29, 0.717) is 34.9 Å². The Balaban J connectivity index is 1.04. The molecule has 6 heteroatoms. The zero-order valence-electron chi connectivity index (χ0n) is 24.1. The van der Waals surface area contributed by atoms with Crippen LogP contribution < -0.4 is 0 Å². The van der Waals surface area contributed by atoms with Crippen LogP contribution in [0.5, 0.6) is 0 Å². The van der Waals surface area contributed by atoms with Crippen LogP contribution in [0.25, 0.3) is 0 Å². The van der Waals surface area contributed by atoms with Crippen LogP contribution in [0.1, 0.15) is 115 Å². The Morgan fingerprint density at radius 2 is 1.92 bits per heavy atom. The molecule has 5 aliphatic rings. The molecule has 2 heterocycles. The predicted octanol–water partition coefficient (Wildman–Crippen LogP) is 6.44. The summed E-state index contributed by atoms with van der Waals surface area (Å²) in [4.78, 5) is 19.6. The van der Waals surface area contributed by atoms with Gasteiger partial charge in [0, 0.05) is 25.4 Å². The monoisotopic (exact) mass is 523 g/mol. The molecule has 0 aromatic carbocycles. The molecule has 0 spiro atoms. The molecule has 1 aliphatic heterocycles. The molecule has 4 fully saturated rings. The number of piperidine rings is 1. The van der Waals surface area contributed by atoms with Gasteiger partial charge in [0.05, 0.1) is 6.10 Å². The summed E-state index contributed by atoms with van der Waals surface area (Å²) in [5.74, 6) is 5.80. The van der Waals surface area contributed by atoms with Gasteiger partial charge in [0.1, 0.15) is 0 Å². The van der Waals surface area contributed by atoms with E-state index in [1.54, 1.807) is 5.57 Å². The van der Waals surface area contributed by atoms with E-state index in [9.17, 15) is 9.90 Å². The first-order valence-electron chi connectivity index (χ1n) is 15.6. The molecule has 0 bridgehead atoms. The highest BCUT2D eigenvalue weighted by molar-refractivity contribution is 5.76. The molecular weight excluding hydrogens is 474 g/mol. The molecule has 6 nitrogen and oxygen atoms in total. The zero-order chi connectivity index (χ0) is 26.7. The first-order chi connectivity index (χ1) is 18.2. The van der Waals surface area contributed by atoms with Crippen LogP contribution in [0.4, 0.5) is 0 Å². The van der Waals surface area contributed by atoms with Crippen molar-refractivity contribution in [2.75, 3.05) is 13.1 Å². The number of aliphatic hydroxyl groups excluding tert-OH is 1. The van der Waals surface area contributed by atoms with E-state index in [1.807, 2.05) is 6.92 Å². The Labute approximate surface area is 229 Å². The zero-order valence-corrected chi connectivity index (χ0v) is 24.1. The minimum absolute atomic E-state index is 0.125. The number of carbonyl (C=O) groups is 1. The van der Waals surface area contributed by atoms with Gasteiger partial charge in [-0.1, -0.05) is 37.6 Å². The van der Waals surface area contributed by atoms with Gasteiger partial charge in [-0.05, 0) is 118 Å². The molecule has 0 unspecified atom stereocenters. The standard InChI is InChI=1S/C32H49N3O3/c1-20(5-10-29(37)35-17-13-22(14-18-35)30-33-21(2)34-38-30)26-8-9-27-25-7-6-23-19-24(36)11-15-31(23,3)28(25)12-16-32(26,27)4/h6,20,22,24-28,36H,5,7-19H2,1-4H3/t20-,24+,25+,26-,27+,28+,31+,32-/m1/s1. The third-order valence-corrected chi connectivity index (χ3v) is 12.4. The SMILES string of the molecule is Cc1noc(C2CCN(C(=O)CC[C@@H](C)[C@H]3CC[C@H]4[C@@H]5CC=C6C[C@@H](O)CC[C@]6(C)[C@H]5CC[C@]34C)CC2)n1. The summed E-state index contributed by atoms with van der Waals surface area (Å²) >= 11 is 0. The van der Waals surface area contributed by atoms with Gasteiger partial charge in [-0.25, -0.2) is 0 Å². The maximum Gasteiger partial charge on any atom is 0.229 e. The van der Waals surface area contributed by atoms with Crippen LogP contribution in [-0.2, 0) is 4.79 Å². The van der Waals surface area contributed by atoms with Crippen LogP contribution in [-0.4, -0.2) is 45.2 Å². The van der Waals surface area contributed by atoms with Crippen molar-refractivity contribution in [3.8, 4) is 0 Å². The Morgan fingerprint density at radius 1 is 1.13 bits per heavy atom. The van der Waals surface area contributed by atoms with Crippen molar-refractivity contribution >= 4 is 5.91 Å². The number of hydrogen-bond acceptors (Lipinski definition) is 5. The molecule has 4 aliphatic carbocycles. The molecule has 1 aromatic rings. The maximum atomic E-state index is 13.2. The highest BCUT2D eigenvalue weighted by Crippen LogP contribution is 2.67. The lowest BCUT2D eigenvalue weighted by atomic mass is 9.47. The number of amides is 1. The molecule has 6 rings (SSSR count). The molecule has 3 saturated carbocycles. The fourth-order valence-electron chi connectivity index (χ4n) is 10.2. The van der Waals surface area contributed by atoms with Crippen molar-refractivity contribution in [2.24, 2.45) is 40.4 Å². The van der Waals surface area contributed by atoms with Crippen molar-refractivity contribution in [1.82, 2.24) is 15.0 Å². The summed E-state index contributed by atoms with van der Waals surface area (Å²) in [7, 11) is 0. The van der Waals surface area contributed by atoms with Crippen LogP contribution >= 0.6 is 0 Å². The maximum absolute atomic E-state index is 13.2. The van der Waals surface area contributed by atoms with Crippen molar-refractivity contribution in [3.63, 3.8) is 0 Å². The van der Waals surface area contributed by atoms with Crippen LogP contribution in [0.3, 0.4) is 0 Å². The van der Waals surface area contributed by atoms with E-state index in [1.165, 1.54) is 38.5 Å². The molecule has 1 saturated heterocycles. The number of likely N-dealkylation sites (tertiary alicyclic amines) is 1. The van der Waals surface area contributed by atoms with Gasteiger partial charge in [0.15, 0.2) is 5.82 Å². The predicted molar refractivity (Wildman–Crippen MR) is 147 cm³/mol. The van der Waals surface area contributed by atoms with E-state index in [2.05, 4.69) is 41.9 Å². The summed E-state index contributed by atoms with van der Waals surface area (Å²) in [6.45, 7) is 11.0. The second-order valence-electron chi connectivity index (χ2n) is 14.2. The second-order valence-corrected chi connectivity index (χ2v) is 14.2. The Morgan fingerprint density at radius 3 is 2.66 bits per heavy atom. The number of nitrogens with zero attached hydrogens (tertiary/aromatic N) is 3. The molecule has 1 N–H and O–H groups in total.